The van der Waals surface area contributed by atoms with Crippen LogP contribution >= 0.6 is 23.4 Å². The van der Waals surface area contributed by atoms with Crippen LogP contribution in [0.3, 0.4) is 0 Å². The van der Waals surface area contributed by atoms with E-state index < -0.39 is 0 Å². The van der Waals surface area contributed by atoms with Crippen LogP contribution in [0.15, 0.2) is 24.3 Å². The van der Waals surface area contributed by atoms with E-state index in [2.05, 4.69) is 43.7 Å². The number of benzene rings is 1. The molecule has 0 aliphatic heterocycles. The van der Waals surface area contributed by atoms with Crippen molar-refractivity contribution < 1.29 is 4.58 Å². The van der Waals surface area contributed by atoms with Gasteiger partial charge in [0.05, 0.1) is 28.2 Å². The number of rotatable bonds is 2. The first-order chi connectivity index (χ1) is 7.52. The van der Waals surface area contributed by atoms with Gasteiger partial charge in [0.1, 0.15) is 0 Å². The molecular formula is C12H18ClN2S+. The van der Waals surface area contributed by atoms with Crippen molar-refractivity contribution in [3.63, 3.8) is 0 Å². The predicted molar refractivity (Wildman–Crippen MR) is 73.5 cm³/mol. The highest BCUT2D eigenvalue weighted by Crippen LogP contribution is 2.21. The standard InChI is InChI=1S/C12H18ClN2S/c1-14(2)12(15(3)4)16-9-10-7-5-6-8-11(10)13/h5-8H,9H2,1-4H3/q+1. The molecule has 0 N–H and O–H groups in total. The summed E-state index contributed by atoms with van der Waals surface area (Å²) in [6.07, 6.45) is 0. The van der Waals surface area contributed by atoms with E-state index in [0.29, 0.717) is 0 Å². The number of amidine groups is 1. The first-order valence-corrected chi connectivity index (χ1v) is 6.46. The summed E-state index contributed by atoms with van der Waals surface area (Å²) >= 11 is 7.91. The van der Waals surface area contributed by atoms with E-state index in [4.69, 9.17) is 11.6 Å². The zero-order valence-electron chi connectivity index (χ0n) is 10.2. The molecule has 4 heteroatoms. The summed E-state index contributed by atoms with van der Waals surface area (Å²) in [5, 5.41) is 2.06. The third-order valence-corrected chi connectivity index (χ3v) is 3.89. The maximum Gasteiger partial charge on any atom is 0.307 e. The van der Waals surface area contributed by atoms with Crippen molar-refractivity contribution in [2.24, 2.45) is 0 Å². The van der Waals surface area contributed by atoms with Gasteiger partial charge in [-0.2, -0.15) is 0 Å². The molecule has 0 spiro atoms. The Kier molecular flexibility index (Phi) is 5.16. The van der Waals surface area contributed by atoms with Gasteiger partial charge in [-0.15, -0.1) is 0 Å². The second-order valence-electron chi connectivity index (χ2n) is 3.95. The zero-order valence-corrected chi connectivity index (χ0v) is 11.8. The lowest BCUT2D eigenvalue weighted by Gasteiger charge is -2.10. The fourth-order valence-corrected chi connectivity index (χ4v) is 2.75. The van der Waals surface area contributed by atoms with Crippen molar-refractivity contribution in [2.75, 3.05) is 28.2 Å². The van der Waals surface area contributed by atoms with E-state index in [-0.39, 0.29) is 0 Å². The van der Waals surface area contributed by atoms with Crippen LogP contribution in [0.4, 0.5) is 0 Å². The highest BCUT2D eigenvalue weighted by atomic mass is 35.5. The van der Waals surface area contributed by atoms with Gasteiger partial charge in [-0.1, -0.05) is 29.8 Å². The lowest BCUT2D eigenvalue weighted by atomic mass is 10.2. The molecule has 0 unspecified atom stereocenters. The fraction of sp³-hybridized carbons (Fsp3) is 0.417. The molecule has 0 saturated carbocycles. The average Bonchev–Trinajstić information content (AvgIpc) is 2.20. The smallest absolute Gasteiger partial charge is 0.262 e. The van der Waals surface area contributed by atoms with E-state index in [0.717, 1.165) is 10.8 Å². The van der Waals surface area contributed by atoms with Crippen LogP contribution < -0.4 is 0 Å². The second-order valence-corrected chi connectivity index (χ2v) is 5.30. The van der Waals surface area contributed by atoms with Crippen molar-refractivity contribution in [1.82, 2.24) is 4.90 Å². The molecule has 0 amide bonds. The van der Waals surface area contributed by atoms with Crippen molar-refractivity contribution in [1.29, 1.82) is 0 Å². The normalized spacial score (nSPS) is 10.1. The first-order valence-electron chi connectivity index (χ1n) is 5.10. The highest BCUT2D eigenvalue weighted by molar-refractivity contribution is 8.12. The predicted octanol–water partition coefficient (Wildman–Crippen LogP) is 2.76. The Bertz CT molecular complexity index is 384. The Morgan fingerprint density at radius 3 is 2.44 bits per heavy atom. The van der Waals surface area contributed by atoms with E-state index >= 15 is 0 Å². The van der Waals surface area contributed by atoms with Crippen molar-refractivity contribution in [3.8, 4) is 0 Å². The molecule has 0 radical (unpaired) electrons. The van der Waals surface area contributed by atoms with Gasteiger partial charge in [0.15, 0.2) is 0 Å². The molecule has 2 nitrogen and oxygen atoms in total. The molecule has 1 aromatic rings. The van der Waals surface area contributed by atoms with Crippen molar-refractivity contribution >= 4 is 28.5 Å². The zero-order chi connectivity index (χ0) is 12.1. The summed E-state index contributed by atoms with van der Waals surface area (Å²) in [6, 6.07) is 7.98. The third-order valence-electron chi connectivity index (χ3n) is 2.08. The van der Waals surface area contributed by atoms with Crippen LogP contribution in [0.2, 0.25) is 5.02 Å². The Labute approximate surface area is 107 Å². The number of hydrogen-bond acceptors (Lipinski definition) is 1. The topological polar surface area (TPSA) is 6.25 Å². The summed E-state index contributed by atoms with van der Waals surface area (Å²) in [6.45, 7) is 0. The molecule has 0 aliphatic rings. The Morgan fingerprint density at radius 2 is 1.94 bits per heavy atom. The van der Waals surface area contributed by atoms with Crippen molar-refractivity contribution in [2.45, 2.75) is 5.75 Å². The Balaban J connectivity index is 2.71. The average molecular weight is 258 g/mol. The SMILES string of the molecule is CN(C)C(SCc1ccccc1Cl)=[N+](C)C. The molecule has 0 bridgehead atoms. The largest absolute Gasteiger partial charge is 0.307 e. The van der Waals surface area contributed by atoms with E-state index in [9.17, 15) is 0 Å². The van der Waals surface area contributed by atoms with Gasteiger partial charge in [-0.3, -0.25) is 9.48 Å². The molecule has 0 saturated heterocycles. The van der Waals surface area contributed by atoms with Gasteiger partial charge in [0.25, 0.3) is 0 Å². The maximum absolute atomic E-state index is 6.12. The molecule has 0 fully saturated rings. The molecule has 0 aromatic heterocycles. The van der Waals surface area contributed by atoms with Crippen LogP contribution in [0.25, 0.3) is 0 Å². The molecule has 88 valence electrons. The summed E-state index contributed by atoms with van der Waals surface area (Å²) < 4.78 is 2.11. The van der Waals surface area contributed by atoms with Crippen molar-refractivity contribution in [3.05, 3.63) is 34.9 Å². The number of halogens is 1. The Morgan fingerprint density at radius 1 is 1.31 bits per heavy atom. The fourth-order valence-electron chi connectivity index (χ4n) is 1.42. The van der Waals surface area contributed by atoms with Gasteiger partial charge in [-0.25, -0.2) is 0 Å². The molecule has 1 rings (SSSR count). The summed E-state index contributed by atoms with van der Waals surface area (Å²) in [7, 11) is 8.20. The van der Waals surface area contributed by atoms with Crippen LogP contribution in [-0.2, 0) is 5.75 Å². The lowest BCUT2D eigenvalue weighted by Crippen LogP contribution is -2.26. The molecule has 0 atom stereocenters. The minimum absolute atomic E-state index is 0.840. The minimum atomic E-state index is 0.840. The molecular weight excluding hydrogens is 240 g/mol. The summed E-state index contributed by atoms with van der Waals surface area (Å²) in [5.74, 6) is 0.894. The van der Waals surface area contributed by atoms with E-state index in [1.54, 1.807) is 11.8 Å². The minimum Gasteiger partial charge on any atom is -0.262 e. The number of nitrogens with zero attached hydrogens (tertiary/aromatic N) is 2. The van der Waals surface area contributed by atoms with Crippen LogP contribution in [0.1, 0.15) is 5.56 Å². The Hall–Kier alpha value is -0.670. The number of hydrogen-bond donors (Lipinski definition) is 0. The second kappa shape index (κ2) is 6.16. The van der Waals surface area contributed by atoms with Crippen LogP contribution in [0, 0.1) is 0 Å². The molecule has 1 aromatic carbocycles. The quantitative estimate of drug-likeness (QED) is 0.457. The molecule has 0 heterocycles. The summed E-state index contributed by atoms with van der Waals surface area (Å²) in [4.78, 5) is 2.11. The van der Waals surface area contributed by atoms with Gasteiger partial charge < -0.3 is 0 Å². The first kappa shape index (κ1) is 13.4. The lowest BCUT2D eigenvalue weighted by molar-refractivity contribution is -0.466. The van der Waals surface area contributed by atoms with Gasteiger partial charge >= 0.3 is 5.17 Å². The van der Waals surface area contributed by atoms with Gasteiger partial charge in [0, 0.05) is 10.8 Å². The highest BCUT2D eigenvalue weighted by Gasteiger charge is 2.13. The third kappa shape index (κ3) is 3.72. The van der Waals surface area contributed by atoms with E-state index in [1.165, 1.54) is 10.7 Å². The monoisotopic (exact) mass is 257 g/mol. The van der Waals surface area contributed by atoms with Gasteiger partial charge in [0.2, 0.25) is 0 Å². The van der Waals surface area contributed by atoms with Gasteiger partial charge in [-0.05, 0) is 23.4 Å². The summed E-state index contributed by atoms with van der Waals surface area (Å²) in [5.41, 5.74) is 1.18. The van der Waals surface area contributed by atoms with Crippen LogP contribution in [-0.4, -0.2) is 42.8 Å². The molecule has 0 aliphatic carbocycles. The number of thioether (sulfide) groups is 1. The maximum atomic E-state index is 6.12. The van der Waals surface area contributed by atoms with E-state index in [1.807, 2.05) is 18.2 Å². The van der Waals surface area contributed by atoms with Crippen LogP contribution in [0.5, 0.6) is 0 Å². The molecule has 16 heavy (non-hydrogen) atoms.